The summed E-state index contributed by atoms with van der Waals surface area (Å²) in [6.07, 6.45) is 2.13. The number of esters is 1. The fourth-order valence-corrected chi connectivity index (χ4v) is 2.19. The van der Waals surface area contributed by atoms with Gasteiger partial charge in [-0.05, 0) is 38.3 Å². The van der Waals surface area contributed by atoms with Gasteiger partial charge in [-0.1, -0.05) is 12.1 Å². The van der Waals surface area contributed by atoms with Crippen molar-refractivity contribution in [3.05, 3.63) is 29.3 Å². The monoisotopic (exact) mass is 463 g/mol. The van der Waals surface area contributed by atoms with Crippen LogP contribution in [-0.2, 0) is 16.1 Å². The predicted octanol–water partition coefficient (Wildman–Crippen LogP) is 3.02. The van der Waals surface area contributed by atoms with Crippen LogP contribution in [0.1, 0.15) is 37.3 Å². The molecule has 0 aromatic heterocycles. The lowest BCUT2D eigenvalue weighted by atomic mass is 10.1. The van der Waals surface area contributed by atoms with Gasteiger partial charge in [-0.3, -0.25) is 4.79 Å². The Kier molecular flexibility index (Phi) is 12.9. The lowest BCUT2D eigenvalue weighted by molar-refractivity contribution is -0.140. The fourth-order valence-electron chi connectivity index (χ4n) is 2.19. The number of nitrogens with zero attached hydrogens (tertiary/aromatic N) is 1. The Labute approximate surface area is 167 Å². The molecular weight excluding hydrogens is 433 g/mol. The number of methoxy groups -OCH3 is 2. The molecule has 25 heavy (non-hydrogen) atoms. The molecule has 0 saturated heterocycles. The molecule has 0 radical (unpaired) electrons. The third-order valence-corrected chi connectivity index (χ3v) is 3.52. The number of aryl methyl sites for hydroxylation is 1. The second-order valence-corrected chi connectivity index (χ2v) is 5.47. The van der Waals surface area contributed by atoms with Gasteiger partial charge in [0.05, 0.1) is 20.8 Å². The number of nitrogens with one attached hydrogen (secondary N) is 2. The van der Waals surface area contributed by atoms with E-state index in [9.17, 15) is 4.79 Å². The van der Waals surface area contributed by atoms with Crippen LogP contribution < -0.4 is 15.4 Å². The molecule has 0 heterocycles. The predicted molar refractivity (Wildman–Crippen MR) is 112 cm³/mol. The highest BCUT2D eigenvalue weighted by molar-refractivity contribution is 14.0. The minimum absolute atomic E-state index is 0. The average Bonchev–Trinajstić information content (AvgIpc) is 2.59. The van der Waals surface area contributed by atoms with Crippen LogP contribution >= 0.6 is 24.0 Å². The number of guanidine groups is 1. The number of rotatable bonds is 9. The summed E-state index contributed by atoms with van der Waals surface area (Å²) < 4.78 is 10.0. The minimum atomic E-state index is -0.165. The molecule has 0 atom stereocenters. The zero-order valence-corrected chi connectivity index (χ0v) is 17.9. The first kappa shape index (κ1) is 23.5. The Balaban J connectivity index is 0.00000576. The first-order valence-electron chi connectivity index (χ1n) is 8.33. The van der Waals surface area contributed by atoms with Crippen LogP contribution in [0.5, 0.6) is 5.75 Å². The van der Waals surface area contributed by atoms with Gasteiger partial charge in [0.1, 0.15) is 5.75 Å². The second-order valence-electron chi connectivity index (χ2n) is 5.47. The summed E-state index contributed by atoms with van der Waals surface area (Å²) in [5.41, 5.74) is 2.21. The molecule has 0 spiro atoms. The second kappa shape index (κ2) is 13.7. The summed E-state index contributed by atoms with van der Waals surface area (Å²) in [7, 11) is 3.09. The van der Waals surface area contributed by atoms with Crippen molar-refractivity contribution < 1.29 is 14.3 Å². The maximum absolute atomic E-state index is 11.1. The molecule has 0 bridgehead atoms. The molecule has 2 N–H and O–H groups in total. The van der Waals surface area contributed by atoms with Crippen molar-refractivity contribution in [3.63, 3.8) is 0 Å². The lowest BCUT2D eigenvalue weighted by Gasteiger charge is -2.12. The van der Waals surface area contributed by atoms with Gasteiger partial charge in [-0.25, -0.2) is 4.99 Å². The molecule has 0 amide bonds. The SMILES string of the molecule is CCNC(=NCc1ccc(C)cc1OC)NCCCCC(=O)OC.I. The number of hydrogen-bond acceptors (Lipinski definition) is 4. The van der Waals surface area contributed by atoms with E-state index in [1.165, 1.54) is 7.11 Å². The first-order chi connectivity index (χ1) is 11.6. The molecule has 142 valence electrons. The van der Waals surface area contributed by atoms with E-state index in [1.807, 2.05) is 26.0 Å². The largest absolute Gasteiger partial charge is 0.496 e. The minimum Gasteiger partial charge on any atom is -0.496 e. The van der Waals surface area contributed by atoms with E-state index in [1.54, 1.807) is 7.11 Å². The quantitative estimate of drug-likeness (QED) is 0.194. The molecule has 0 aliphatic heterocycles. The van der Waals surface area contributed by atoms with Gasteiger partial charge in [0.25, 0.3) is 0 Å². The van der Waals surface area contributed by atoms with Crippen LogP contribution in [-0.4, -0.2) is 39.2 Å². The molecular formula is C18H30IN3O3. The van der Waals surface area contributed by atoms with Crippen molar-refractivity contribution >= 4 is 35.9 Å². The van der Waals surface area contributed by atoms with E-state index in [-0.39, 0.29) is 29.9 Å². The van der Waals surface area contributed by atoms with Crippen molar-refractivity contribution in [2.24, 2.45) is 4.99 Å². The number of carbonyl (C=O) groups excluding carboxylic acids is 1. The van der Waals surface area contributed by atoms with Gasteiger partial charge in [0.2, 0.25) is 0 Å². The van der Waals surface area contributed by atoms with Crippen molar-refractivity contribution in [2.45, 2.75) is 39.7 Å². The molecule has 0 fully saturated rings. The van der Waals surface area contributed by atoms with Gasteiger partial charge in [0, 0.05) is 25.1 Å². The number of hydrogen-bond donors (Lipinski definition) is 2. The van der Waals surface area contributed by atoms with E-state index >= 15 is 0 Å². The number of benzene rings is 1. The average molecular weight is 463 g/mol. The Morgan fingerprint density at radius 1 is 1.20 bits per heavy atom. The summed E-state index contributed by atoms with van der Waals surface area (Å²) in [5.74, 6) is 1.45. The van der Waals surface area contributed by atoms with Crippen LogP contribution in [0.25, 0.3) is 0 Å². The van der Waals surface area contributed by atoms with Crippen LogP contribution in [0.15, 0.2) is 23.2 Å². The Morgan fingerprint density at radius 3 is 2.60 bits per heavy atom. The van der Waals surface area contributed by atoms with Crippen molar-refractivity contribution in [1.82, 2.24) is 10.6 Å². The Morgan fingerprint density at radius 2 is 1.96 bits per heavy atom. The molecule has 0 aliphatic rings. The van der Waals surface area contributed by atoms with Crippen LogP contribution in [0.3, 0.4) is 0 Å². The maximum Gasteiger partial charge on any atom is 0.305 e. The first-order valence-corrected chi connectivity index (χ1v) is 8.33. The molecule has 0 unspecified atom stereocenters. The van der Waals surface area contributed by atoms with E-state index < -0.39 is 0 Å². The summed E-state index contributed by atoms with van der Waals surface area (Å²) >= 11 is 0. The maximum atomic E-state index is 11.1. The van der Waals surface area contributed by atoms with E-state index in [4.69, 9.17) is 4.74 Å². The number of ether oxygens (including phenoxy) is 2. The van der Waals surface area contributed by atoms with Crippen molar-refractivity contribution in [3.8, 4) is 5.75 Å². The molecule has 7 heteroatoms. The number of aliphatic imine (C=N–C) groups is 1. The number of carbonyl (C=O) groups is 1. The normalized spacial score (nSPS) is 10.6. The van der Waals surface area contributed by atoms with Gasteiger partial charge >= 0.3 is 5.97 Å². The van der Waals surface area contributed by atoms with Gasteiger partial charge < -0.3 is 20.1 Å². The van der Waals surface area contributed by atoms with Crippen LogP contribution in [0.2, 0.25) is 0 Å². The zero-order chi connectivity index (χ0) is 17.8. The Hall–Kier alpha value is -1.51. The fraction of sp³-hybridized carbons (Fsp3) is 0.556. The molecule has 6 nitrogen and oxygen atoms in total. The highest BCUT2D eigenvalue weighted by Gasteiger charge is 2.04. The topological polar surface area (TPSA) is 72.0 Å². The highest BCUT2D eigenvalue weighted by Crippen LogP contribution is 2.20. The van der Waals surface area contributed by atoms with Gasteiger partial charge in [-0.2, -0.15) is 0 Å². The molecule has 0 saturated carbocycles. The third kappa shape index (κ3) is 9.52. The van der Waals surface area contributed by atoms with Gasteiger partial charge in [-0.15, -0.1) is 24.0 Å². The molecule has 0 aliphatic carbocycles. The smallest absolute Gasteiger partial charge is 0.305 e. The van der Waals surface area contributed by atoms with Gasteiger partial charge in [0.15, 0.2) is 5.96 Å². The lowest BCUT2D eigenvalue weighted by Crippen LogP contribution is -2.37. The van der Waals surface area contributed by atoms with Crippen molar-refractivity contribution in [1.29, 1.82) is 0 Å². The molecule has 1 aromatic rings. The summed E-state index contributed by atoms with van der Waals surface area (Å²) in [6, 6.07) is 6.11. The van der Waals surface area contributed by atoms with Crippen LogP contribution in [0.4, 0.5) is 0 Å². The van der Waals surface area contributed by atoms with E-state index in [0.29, 0.717) is 13.0 Å². The zero-order valence-electron chi connectivity index (χ0n) is 15.6. The number of halogens is 1. The summed E-state index contributed by atoms with van der Waals surface area (Å²) in [4.78, 5) is 15.7. The number of unbranched alkanes of at least 4 members (excludes halogenated alkanes) is 1. The Bertz CT molecular complexity index is 550. The molecule has 1 rings (SSSR count). The summed E-state index contributed by atoms with van der Waals surface area (Å²) in [6.45, 7) is 6.16. The standard InChI is InChI=1S/C18H29N3O3.HI/c1-5-19-18(20-11-7-6-8-17(22)24-4)21-13-15-10-9-14(2)12-16(15)23-3;/h9-10,12H,5-8,11,13H2,1-4H3,(H2,19,20,21);1H. The third-order valence-electron chi connectivity index (χ3n) is 3.52. The van der Waals surface area contributed by atoms with Crippen molar-refractivity contribution in [2.75, 3.05) is 27.3 Å². The summed E-state index contributed by atoms with van der Waals surface area (Å²) in [5, 5.41) is 6.50. The molecule has 1 aromatic carbocycles. The van der Waals surface area contributed by atoms with E-state index in [2.05, 4.69) is 26.4 Å². The highest BCUT2D eigenvalue weighted by atomic mass is 127. The van der Waals surface area contributed by atoms with E-state index in [0.717, 1.165) is 48.8 Å². The van der Waals surface area contributed by atoms with Crippen LogP contribution in [0, 0.1) is 6.92 Å².